The fourth-order valence-electron chi connectivity index (χ4n) is 2.77. The Morgan fingerprint density at radius 3 is 2.73 bits per heavy atom. The summed E-state index contributed by atoms with van der Waals surface area (Å²) in [4.78, 5) is 46.0. The molecule has 0 bridgehead atoms. The summed E-state index contributed by atoms with van der Waals surface area (Å²) in [5.74, 6) is -0.950. The summed E-state index contributed by atoms with van der Waals surface area (Å²) in [6.45, 7) is 3.47. The van der Waals surface area contributed by atoms with Gasteiger partial charge >= 0.3 is 6.03 Å². The number of carbonyl (C=O) groups excluding carboxylic acids is 3. The van der Waals surface area contributed by atoms with Crippen LogP contribution in [0.2, 0.25) is 0 Å². The standard InChI is InChI=1S/C18H19N5O3/c1-12-5-3-4-6-13(12)9-21-15(24)11-23-16(25)18(2,22-17(23)26)14-10-19-7-8-20-14/h3-8,10H,9,11H2,1-2H3,(H,21,24)(H,22,26)/t18-/m0/s1. The molecular weight excluding hydrogens is 334 g/mol. The highest BCUT2D eigenvalue weighted by Gasteiger charge is 2.50. The van der Waals surface area contributed by atoms with Gasteiger partial charge in [-0.25, -0.2) is 4.79 Å². The zero-order chi connectivity index (χ0) is 18.7. The molecular formula is C18H19N5O3. The summed E-state index contributed by atoms with van der Waals surface area (Å²) in [7, 11) is 0. The van der Waals surface area contributed by atoms with Crippen molar-refractivity contribution in [2.45, 2.75) is 25.9 Å². The van der Waals surface area contributed by atoms with E-state index >= 15 is 0 Å². The van der Waals surface area contributed by atoms with Crippen molar-refractivity contribution in [3.05, 3.63) is 59.7 Å². The Labute approximate surface area is 150 Å². The second kappa shape index (κ2) is 6.91. The summed E-state index contributed by atoms with van der Waals surface area (Å²) in [6.07, 6.45) is 4.34. The highest BCUT2D eigenvalue weighted by atomic mass is 16.2. The van der Waals surface area contributed by atoms with Crippen molar-refractivity contribution >= 4 is 17.8 Å². The molecule has 8 nitrogen and oxygen atoms in total. The summed E-state index contributed by atoms with van der Waals surface area (Å²) in [5.41, 5.74) is 1.02. The molecule has 1 saturated heterocycles. The quantitative estimate of drug-likeness (QED) is 0.776. The number of imide groups is 1. The van der Waals surface area contributed by atoms with Gasteiger partial charge in [-0.2, -0.15) is 0 Å². The third-order valence-corrected chi connectivity index (χ3v) is 4.39. The summed E-state index contributed by atoms with van der Waals surface area (Å²) >= 11 is 0. The Balaban J connectivity index is 1.66. The van der Waals surface area contributed by atoms with Gasteiger partial charge in [0.1, 0.15) is 6.54 Å². The molecule has 1 aliphatic heterocycles. The molecule has 1 aliphatic rings. The molecule has 0 unspecified atom stereocenters. The van der Waals surface area contributed by atoms with Gasteiger partial charge in [0.15, 0.2) is 5.54 Å². The van der Waals surface area contributed by atoms with E-state index in [-0.39, 0.29) is 6.54 Å². The first-order chi connectivity index (χ1) is 12.4. The Bertz CT molecular complexity index is 855. The van der Waals surface area contributed by atoms with Crippen molar-refractivity contribution in [2.24, 2.45) is 0 Å². The van der Waals surface area contributed by atoms with E-state index in [4.69, 9.17) is 0 Å². The zero-order valence-electron chi connectivity index (χ0n) is 14.5. The van der Waals surface area contributed by atoms with Crippen molar-refractivity contribution in [3.8, 4) is 0 Å². The molecule has 0 saturated carbocycles. The molecule has 8 heteroatoms. The third kappa shape index (κ3) is 3.26. The number of aromatic nitrogens is 2. The van der Waals surface area contributed by atoms with Crippen LogP contribution < -0.4 is 10.6 Å². The van der Waals surface area contributed by atoms with Crippen LogP contribution in [0, 0.1) is 6.92 Å². The molecule has 134 valence electrons. The summed E-state index contributed by atoms with van der Waals surface area (Å²) in [5, 5.41) is 5.32. The zero-order valence-corrected chi connectivity index (χ0v) is 14.5. The van der Waals surface area contributed by atoms with Gasteiger partial charge in [0, 0.05) is 18.9 Å². The lowest BCUT2D eigenvalue weighted by molar-refractivity contribution is -0.135. The first-order valence-corrected chi connectivity index (χ1v) is 8.13. The second-order valence-corrected chi connectivity index (χ2v) is 6.24. The van der Waals surface area contributed by atoms with E-state index in [0.29, 0.717) is 12.2 Å². The predicted octanol–water partition coefficient (Wildman–Crippen LogP) is 0.868. The van der Waals surface area contributed by atoms with Crippen molar-refractivity contribution in [1.82, 2.24) is 25.5 Å². The van der Waals surface area contributed by atoms with Gasteiger partial charge in [0.05, 0.1) is 11.9 Å². The first-order valence-electron chi connectivity index (χ1n) is 8.13. The maximum Gasteiger partial charge on any atom is 0.325 e. The average Bonchev–Trinajstić information content (AvgIpc) is 2.86. The van der Waals surface area contributed by atoms with E-state index in [0.717, 1.165) is 16.0 Å². The normalized spacial score (nSPS) is 19.4. The van der Waals surface area contributed by atoms with Crippen LogP contribution >= 0.6 is 0 Å². The maximum atomic E-state index is 12.7. The van der Waals surface area contributed by atoms with Crippen molar-refractivity contribution in [3.63, 3.8) is 0 Å². The van der Waals surface area contributed by atoms with E-state index in [1.165, 1.54) is 18.6 Å². The fraction of sp³-hybridized carbons (Fsp3) is 0.278. The molecule has 2 heterocycles. The van der Waals surface area contributed by atoms with Crippen LogP contribution in [0.3, 0.4) is 0 Å². The van der Waals surface area contributed by atoms with Gasteiger partial charge in [0.25, 0.3) is 5.91 Å². The lowest BCUT2D eigenvalue weighted by Crippen LogP contribution is -2.43. The third-order valence-electron chi connectivity index (χ3n) is 4.39. The molecule has 26 heavy (non-hydrogen) atoms. The van der Waals surface area contributed by atoms with Crippen LogP contribution in [0.5, 0.6) is 0 Å². The van der Waals surface area contributed by atoms with Gasteiger partial charge in [-0.3, -0.25) is 24.5 Å². The topological polar surface area (TPSA) is 104 Å². The number of aryl methyl sites for hydroxylation is 1. The Morgan fingerprint density at radius 2 is 2.04 bits per heavy atom. The van der Waals surface area contributed by atoms with Crippen molar-refractivity contribution < 1.29 is 14.4 Å². The SMILES string of the molecule is Cc1ccccc1CNC(=O)CN1C(=O)N[C@@](C)(c2cnccn2)C1=O. The van der Waals surface area contributed by atoms with Gasteiger partial charge in [-0.15, -0.1) is 0 Å². The molecule has 1 aromatic carbocycles. The number of nitrogens with one attached hydrogen (secondary N) is 2. The summed E-state index contributed by atoms with van der Waals surface area (Å²) in [6, 6.07) is 7.04. The highest BCUT2D eigenvalue weighted by molar-refractivity contribution is 6.08. The fourth-order valence-corrected chi connectivity index (χ4v) is 2.77. The lowest BCUT2D eigenvalue weighted by Gasteiger charge is -2.20. The molecule has 0 spiro atoms. The highest BCUT2D eigenvalue weighted by Crippen LogP contribution is 2.26. The van der Waals surface area contributed by atoms with Gasteiger partial charge in [0.2, 0.25) is 5.91 Å². The Morgan fingerprint density at radius 1 is 1.27 bits per heavy atom. The molecule has 0 aliphatic carbocycles. The minimum absolute atomic E-state index is 0.321. The second-order valence-electron chi connectivity index (χ2n) is 6.24. The van der Waals surface area contributed by atoms with Gasteiger partial charge in [-0.05, 0) is 25.0 Å². The van der Waals surface area contributed by atoms with E-state index in [2.05, 4.69) is 20.6 Å². The molecule has 4 amide bonds. The first kappa shape index (κ1) is 17.5. The number of nitrogens with zero attached hydrogens (tertiary/aromatic N) is 3. The number of rotatable bonds is 5. The number of benzene rings is 1. The Hall–Kier alpha value is -3.29. The van der Waals surface area contributed by atoms with Gasteiger partial charge in [-0.1, -0.05) is 24.3 Å². The van der Waals surface area contributed by atoms with Crippen LogP contribution in [0.1, 0.15) is 23.7 Å². The van der Waals surface area contributed by atoms with E-state index < -0.39 is 23.4 Å². The molecule has 3 rings (SSSR count). The minimum Gasteiger partial charge on any atom is -0.350 e. The smallest absolute Gasteiger partial charge is 0.325 e. The number of carbonyl (C=O) groups is 3. The van der Waals surface area contributed by atoms with Crippen molar-refractivity contribution in [2.75, 3.05) is 6.54 Å². The lowest BCUT2D eigenvalue weighted by atomic mass is 9.98. The van der Waals surface area contributed by atoms with Crippen LogP contribution in [0.4, 0.5) is 4.79 Å². The minimum atomic E-state index is -1.33. The van der Waals surface area contributed by atoms with Crippen LogP contribution in [-0.2, 0) is 21.7 Å². The van der Waals surface area contributed by atoms with Crippen molar-refractivity contribution in [1.29, 1.82) is 0 Å². The largest absolute Gasteiger partial charge is 0.350 e. The van der Waals surface area contributed by atoms with E-state index in [1.807, 2.05) is 31.2 Å². The number of hydrogen-bond donors (Lipinski definition) is 2. The van der Waals surface area contributed by atoms with Crippen LogP contribution in [0.25, 0.3) is 0 Å². The maximum absolute atomic E-state index is 12.7. The molecule has 1 fully saturated rings. The molecule has 2 N–H and O–H groups in total. The molecule has 1 atom stereocenters. The predicted molar refractivity (Wildman–Crippen MR) is 92.7 cm³/mol. The molecule has 2 aromatic rings. The number of amides is 4. The van der Waals surface area contributed by atoms with Crippen LogP contribution in [0.15, 0.2) is 42.9 Å². The van der Waals surface area contributed by atoms with E-state index in [9.17, 15) is 14.4 Å². The van der Waals surface area contributed by atoms with Gasteiger partial charge < -0.3 is 10.6 Å². The number of hydrogen-bond acceptors (Lipinski definition) is 5. The molecule has 0 radical (unpaired) electrons. The Kier molecular flexibility index (Phi) is 4.66. The monoisotopic (exact) mass is 353 g/mol. The number of urea groups is 1. The molecule has 1 aromatic heterocycles. The summed E-state index contributed by atoms with van der Waals surface area (Å²) < 4.78 is 0. The van der Waals surface area contributed by atoms with Crippen LogP contribution in [-0.4, -0.2) is 39.3 Å². The average molecular weight is 353 g/mol. The van der Waals surface area contributed by atoms with E-state index in [1.54, 1.807) is 6.92 Å².